The number of nitrogens with zero attached hydrogens (tertiary/aromatic N) is 3. The largest absolute Gasteiger partial charge is 0.476 e. The van der Waals surface area contributed by atoms with Gasteiger partial charge in [0.05, 0.1) is 12.1 Å². The number of aryl methyl sites for hydroxylation is 1. The molecule has 0 saturated carbocycles. The molecule has 0 unspecified atom stereocenters. The van der Waals surface area contributed by atoms with Crippen LogP contribution in [-0.2, 0) is 16.6 Å². The minimum absolute atomic E-state index is 0.0958. The molecule has 0 bridgehead atoms. The van der Waals surface area contributed by atoms with Gasteiger partial charge in [-0.1, -0.05) is 38.1 Å². The van der Waals surface area contributed by atoms with Gasteiger partial charge in [-0.2, -0.15) is 0 Å². The Labute approximate surface area is 184 Å². The van der Waals surface area contributed by atoms with E-state index in [0.717, 1.165) is 0 Å². The molecule has 0 radical (unpaired) electrons. The molecule has 10 heteroatoms. The Kier molecular flexibility index (Phi) is 6.33. The number of hydrogen-bond acceptors (Lipinski definition) is 7. The van der Waals surface area contributed by atoms with Crippen molar-refractivity contribution in [2.45, 2.75) is 39.5 Å². The number of hydrogen-bond donors (Lipinski definition) is 3. The maximum atomic E-state index is 12.4. The van der Waals surface area contributed by atoms with Gasteiger partial charge >= 0.3 is 5.97 Å². The van der Waals surface area contributed by atoms with Crippen molar-refractivity contribution in [2.75, 3.05) is 10.6 Å². The van der Waals surface area contributed by atoms with Crippen molar-refractivity contribution >= 4 is 29.3 Å². The average molecular weight is 437 g/mol. The molecule has 0 saturated heterocycles. The monoisotopic (exact) mass is 437 g/mol. The molecule has 0 aliphatic carbocycles. The first kappa shape index (κ1) is 22.6. The van der Waals surface area contributed by atoms with Gasteiger partial charge in [-0.15, -0.1) is 0 Å². The fourth-order valence-corrected chi connectivity index (χ4v) is 2.75. The lowest BCUT2D eigenvalue weighted by Crippen LogP contribution is -2.20. The zero-order valence-corrected chi connectivity index (χ0v) is 18.1. The van der Waals surface area contributed by atoms with Crippen LogP contribution in [0.25, 0.3) is 0 Å². The van der Waals surface area contributed by atoms with Gasteiger partial charge in [-0.05, 0) is 24.6 Å². The summed E-state index contributed by atoms with van der Waals surface area (Å²) in [4.78, 5) is 43.8. The van der Waals surface area contributed by atoms with E-state index in [2.05, 4.69) is 25.8 Å². The fourth-order valence-electron chi connectivity index (χ4n) is 2.75. The lowest BCUT2D eigenvalue weighted by atomic mass is 9.93. The summed E-state index contributed by atoms with van der Waals surface area (Å²) in [5.41, 5.74) is 0.602. The summed E-state index contributed by atoms with van der Waals surface area (Å²) >= 11 is 0. The number of aromatic nitrogens is 3. The second kappa shape index (κ2) is 8.96. The van der Waals surface area contributed by atoms with Crippen LogP contribution in [0.15, 0.2) is 41.1 Å². The van der Waals surface area contributed by atoms with Crippen LogP contribution in [-0.4, -0.2) is 38.0 Å². The van der Waals surface area contributed by atoms with Crippen molar-refractivity contribution in [1.29, 1.82) is 0 Å². The Morgan fingerprint density at radius 1 is 1.06 bits per heavy atom. The summed E-state index contributed by atoms with van der Waals surface area (Å²) in [5.74, 6) is -1.29. The molecule has 2 heterocycles. The van der Waals surface area contributed by atoms with Crippen molar-refractivity contribution in [1.82, 2.24) is 15.1 Å². The Hall–Kier alpha value is -4.08. The molecular formula is C22H23N5O5. The van der Waals surface area contributed by atoms with Gasteiger partial charge in [-0.25, -0.2) is 14.8 Å². The highest BCUT2D eigenvalue weighted by molar-refractivity contribution is 6.08. The van der Waals surface area contributed by atoms with Crippen LogP contribution >= 0.6 is 0 Å². The molecule has 0 aliphatic rings. The minimum Gasteiger partial charge on any atom is -0.476 e. The van der Waals surface area contributed by atoms with Gasteiger partial charge in [0.15, 0.2) is 17.2 Å². The van der Waals surface area contributed by atoms with Crippen molar-refractivity contribution in [3.05, 3.63) is 64.9 Å². The van der Waals surface area contributed by atoms with Gasteiger partial charge in [0.1, 0.15) is 5.76 Å². The second-order valence-corrected chi connectivity index (χ2v) is 8.22. The quantitative estimate of drug-likeness (QED) is 0.532. The van der Waals surface area contributed by atoms with E-state index in [9.17, 15) is 19.5 Å². The highest BCUT2D eigenvalue weighted by Crippen LogP contribution is 2.24. The molecular weight excluding hydrogens is 414 g/mol. The molecule has 3 rings (SSSR count). The van der Waals surface area contributed by atoms with Crippen LogP contribution in [0.1, 0.15) is 58.8 Å². The lowest BCUT2D eigenvalue weighted by molar-refractivity contribution is -0.115. The van der Waals surface area contributed by atoms with Crippen molar-refractivity contribution in [3.8, 4) is 0 Å². The normalized spacial score (nSPS) is 11.1. The maximum Gasteiger partial charge on any atom is 0.356 e. The predicted molar refractivity (Wildman–Crippen MR) is 116 cm³/mol. The molecule has 32 heavy (non-hydrogen) atoms. The molecule has 0 fully saturated rings. The molecule has 2 aromatic heterocycles. The van der Waals surface area contributed by atoms with Crippen LogP contribution in [0, 0.1) is 6.92 Å². The van der Waals surface area contributed by atoms with Gasteiger partial charge in [0, 0.05) is 23.4 Å². The molecule has 1 aromatic carbocycles. The number of aromatic carboxylic acids is 1. The number of carbonyl (C=O) groups excluding carboxylic acids is 2. The second-order valence-electron chi connectivity index (χ2n) is 8.22. The first-order chi connectivity index (χ1) is 15.0. The Morgan fingerprint density at radius 3 is 2.34 bits per heavy atom. The van der Waals surface area contributed by atoms with Crippen molar-refractivity contribution in [3.63, 3.8) is 0 Å². The summed E-state index contributed by atoms with van der Waals surface area (Å²) in [6.45, 7) is 7.52. The third-order valence-electron chi connectivity index (χ3n) is 4.40. The van der Waals surface area contributed by atoms with Crippen LogP contribution in [0.4, 0.5) is 11.5 Å². The zero-order valence-electron chi connectivity index (χ0n) is 18.1. The van der Waals surface area contributed by atoms with E-state index >= 15 is 0 Å². The molecule has 0 spiro atoms. The Bertz CT molecular complexity index is 1160. The van der Waals surface area contributed by atoms with E-state index in [0.29, 0.717) is 28.5 Å². The molecule has 0 aliphatic heterocycles. The smallest absolute Gasteiger partial charge is 0.356 e. The van der Waals surface area contributed by atoms with Crippen molar-refractivity contribution < 1.29 is 24.0 Å². The predicted octanol–water partition coefficient (Wildman–Crippen LogP) is 3.20. The highest BCUT2D eigenvalue weighted by atomic mass is 16.5. The number of anilines is 2. The first-order valence-electron chi connectivity index (χ1n) is 9.77. The van der Waals surface area contributed by atoms with E-state index in [1.165, 1.54) is 6.20 Å². The molecule has 0 atom stereocenters. The van der Waals surface area contributed by atoms with E-state index < -0.39 is 17.6 Å². The fraction of sp³-hybridized carbons (Fsp3) is 0.273. The number of carboxylic acid groups (broad SMARTS) is 1. The molecule has 3 N–H and O–H groups in total. The van der Waals surface area contributed by atoms with Crippen LogP contribution in [0.3, 0.4) is 0 Å². The number of amides is 2. The lowest BCUT2D eigenvalue weighted by Gasteiger charge is -2.12. The summed E-state index contributed by atoms with van der Waals surface area (Å²) in [7, 11) is 0. The number of carboxylic acids is 1. The summed E-state index contributed by atoms with van der Waals surface area (Å²) < 4.78 is 5.25. The van der Waals surface area contributed by atoms with E-state index in [4.69, 9.17) is 4.52 Å². The number of rotatable bonds is 6. The third kappa shape index (κ3) is 5.54. The van der Waals surface area contributed by atoms with Crippen LogP contribution in [0.2, 0.25) is 0 Å². The van der Waals surface area contributed by atoms with Gasteiger partial charge in [0.25, 0.3) is 5.91 Å². The summed E-state index contributed by atoms with van der Waals surface area (Å²) in [6.07, 6.45) is 1.42. The van der Waals surface area contributed by atoms with E-state index in [-0.39, 0.29) is 23.4 Å². The van der Waals surface area contributed by atoms with Crippen molar-refractivity contribution in [2.24, 2.45) is 0 Å². The van der Waals surface area contributed by atoms with Crippen LogP contribution in [0.5, 0.6) is 0 Å². The highest BCUT2D eigenvalue weighted by Gasteiger charge is 2.21. The minimum atomic E-state index is -1.34. The standard InChI is InChI=1S/C22H23N5O5/c1-12-11-23-18(19(24-12)21(30)31)20(29)25-14-7-5-13(6-8-14)9-17(28)26-16-10-15(32-27-16)22(2,3)4/h5-8,10-11H,9H2,1-4H3,(H,25,29)(H,30,31)(H,26,27,28). The topological polar surface area (TPSA) is 147 Å². The SMILES string of the molecule is Cc1cnc(C(=O)Nc2ccc(CC(=O)Nc3cc(C(C)(C)C)on3)cc2)c(C(=O)O)n1. The number of carbonyl (C=O) groups is 3. The van der Waals surface area contributed by atoms with E-state index in [1.54, 1.807) is 37.3 Å². The van der Waals surface area contributed by atoms with Gasteiger partial charge in [-0.3, -0.25) is 9.59 Å². The average Bonchev–Trinajstić information content (AvgIpc) is 3.18. The summed E-state index contributed by atoms with van der Waals surface area (Å²) in [6, 6.07) is 8.26. The van der Waals surface area contributed by atoms with Gasteiger partial charge in [0.2, 0.25) is 5.91 Å². The molecule has 166 valence electrons. The molecule has 2 amide bonds. The zero-order chi connectivity index (χ0) is 23.5. The Balaban J connectivity index is 1.62. The number of benzene rings is 1. The number of nitrogens with one attached hydrogen (secondary N) is 2. The third-order valence-corrected chi connectivity index (χ3v) is 4.40. The van der Waals surface area contributed by atoms with E-state index in [1.807, 2.05) is 20.8 Å². The first-order valence-corrected chi connectivity index (χ1v) is 9.77. The molecule has 3 aromatic rings. The summed E-state index contributed by atoms with van der Waals surface area (Å²) in [5, 5.41) is 18.4. The van der Waals surface area contributed by atoms with Gasteiger partial charge < -0.3 is 20.3 Å². The Morgan fingerprint density at radius 2 is 1.75 bits per heavy atom. The molecule has 10 nitrogen and oxygen atoms in total. The van der Waals surface area contributed by atoms with Crippen LogP contribution < -0.4 is 10.6 Å². The maximum absolute atomic E-state index is 12.4.